The molecule has 1 amide bonds. The van der Waals surface area contributed by atoms with Crippen molar-refractivity contribution in [1.82, 2.24) is 5.32 Å². The molecule has 1 aliphatic carbocycles. The Hall–Kier alpha value is -1.31. The van der Waals surface area contributed by atoms with Crippen LogP contribution in [0.25, 0.3) is 0 Å². The summed E-state index contributed by atoms with van der Waals surface area (Å²) >= 11 is 0. The molecule has 2 rings (SSSR count). The van der Waals surface area contributed by atoms with Crippen LogP contribution in [0.15, 0.2) is 24.3 Å². The van der Waals surface area contributed by atoms with Gasteiger partial charge in [-0.2, -0.15) is 0 Å². The summed E-state index contributed by atoms with van der Waals surface area (Å²) in [7, 11) is 0. The van der Waals surface area contributed by atoms with Gasteiger partial charge < -0.3 is 5.32 Å². The van der Waals surface area contributed by atoms with E-state index in [1.807, 2.05) is 6.92 Å². The minimum atomic E-state index is 0.122. The van der Waals surface area contributed by atoms with Gasteiger partial charge in [0.05, 0.1) is 6.04 Å². The molecule has 1 aliphatic rings. The fourth-order valence-electron chi connectivity index (χ4n) is 2.54. The highest BCUT2D eigenvalue weighted by Crippen LogP contribution is 2.41. The Morgan fingerprint density at radius 2 is 1.95 bits per heavy atom. The van der Waals surface area contributed by atoms with Crippen molar-refractivity contribution in [1.29, 1.82) is 0 Å². The van der Waals surface area contributed by atoms with Crippen LogP contribution in [0.1, 0.15) is 56.7 Å². The molecule has 104 valence electrons. The number of benzene rings is 1. The second kappa shape index (κ2) is 6.23. The molecule has 1 aromatic carbocycles. The highest BCUT2D eigenvalue weighted by molar-refractivity contribution is 5.78. The lowest BCUT2D eigenvalue weighted by Gasteiger charge is -2.21. The maximum absolute atomic E-state index is 12.2. The fourth-order valence-corrected chi connectivity index (χ4v) is 2.54. The molecule has 2 unspecified atom stereocenters. The van der Waals surface area contributed by atoms with Crippen molar-refractivity contribution in [2.24, 2.45) is 11.8 Å². The normalized spacial score (nSPS) is 17.8. The summed E-state index contributed by atoms with van der Waals surface area (Å²) in [5, 5.41) is 3.26. The Bertz CT molecular complexity index is 419. The predicted molar refractivity (Wildman–Crippen MR) is 78.9 cm³/mol. The SMILES string of the molecule is CCCC(C)C(=O)NC(c1ccc(C)cc1)C1CC1. The molecule has 1 fully saturated rings. The molecule has 2 nitrogen and oxygen atoms in total. The molecule has 0 saturated heterocycles. The number of aryl methyl sites for hydroxylation is 1. The number of carbonyl (C=O) groups excluding carboxylic acids is 1. The van der Waals surface area contributed by atoms with E-state index in [0.717, 1.165) is 12.8 Å². The predicted octanol–water partition coefficient (Wildman–Crippen LogP) is 4.00. The highest BCUT2D eigenvalue weighted by Gasteiger charge is 2.33. The average Bonchev–Trinajstić information content (AvgIpc) is 3.21. The number of hydrogen-bond acceptors (Lipinski definition) is 1. The number of amides is 1. The first-order chi connectivity index (χ1) is 9.11. The van der Waals surface area contributed by atoms with Crippen LogP contribution in [0.4, 0.5) is 0 Å². The van der Waals surface area contributed by atoms with Crippen molar-refractivity contribution in [2.45, 2.75) is 52.5 Å². The van der Waals surface area contributed by atoms with Crippen LogP contribution < -0.4 is 5.32 Å². The van der Waals surface area contributed by atoms with E-state index in [0.29, 0.717) is 5.92 Å². The van der Waals surface area contributed by atoms with Gasteiger partial charge in [-0.25, -0.2) is 0 Å². The standard InChI is InChI=1S/C17H25NO/c1-4-5-13(3)17(19)18-16(15-10-11-15)14-8-6-12(2)7-9-14/h6-9,13,15-16H,4-5,10-11H2,1-3H3,(H,18,19). The van der Waals surface area contributed by atoms with E-state index in [1.165, 1.54) is 24.0 Å². The zero-order valence-electron chi connectivity index (χ0n) is 12.3. The van der Waals surface area contributed by atoms with Gasteiger partial charge in [-0.1, -0.05) is 50.1 Å². The molecule has 1 aromatic rings. The lowest BCUT2D eigenvalue weighted by molar-refractivity contribution is -0.125. The first-order valence-corrected chi connectivity index (χ1v) is 7.48. The number of carbonyl (C=O) groups is 1. The van der Waals surface area contributed by atoms with Crippen molar-refractivity contribution in [3.63, 3.8) is 0 Å². The van der Waals surface area contributed by atoms with Gasteiger partial charge in [-0.05, 0) is 37.7 Å². The van der Waals surface area contributed by atoms with Crippen molar-refractivity contribution in [3.05, 3.63) is 35.4 Å². The molecular formula is C17H25NO. The van der Waals surface area contributed by atoms with Gasteiger partial charge in [-0.3, -0.25) is 4.79 Å². The van der Waals surface area contributed by atoms with Gasteiger partial charge in [0.1, 0.15) is 0 Å². The van der Waals surface area contributed by atoms with Crippen LogP contribution in [-0.2, 0) is 4.79 Å². The van der Waals surface area contributed by atoms with Gasteiger partial charge in [0, 0.05) is 5.92 Å². The lowest BCUT2D eigenvalue weighted by Crippen LogP contribution is -2.34. The van der Waals surface area contributed by atoms with E-state index >= 15 is 0 Å². The molecule has 2 heteroatoms. The molecule has 0 bridgehead atoms. The zero-order valence-corrected chi connectivity index (χ0v) is 12.3. The molecule has 0 heterocycles. The Kier molecular flexibility index (Phi) is 4.62. The Morgan fingerprint density at radius 3 is 2.47 bits per heavy atom. The quantitative estimate of drug-likeness (QED) is 0.822. The monoisotopic (exact) mass is 259 g/mol. The zero-order chi connectivity index (χ0) is 13.8. The number of hydrogen-bond donors (Lipinski definition) is 1. The highest BCUT2D eigenvalue weighted by atomic mass is 16.1. The molecule has 1 saturated carbocycles. The summed E-state index contributed by atoms with van der Waals surface area (Å²) in [4.78, 5) is 12.2. The third-order valence-electron chi connectivity index (χ3n) is 4.00. The molecule has 1 N–H and O–H groups in total. The molecule has 0 radical (unpaired) electrons. The van der Waals surface area contributed by atoms with Crippen LogP contribution in [-0.4, -0.2) is 5.91 Å². The van der Waals surface area contributed by atoms with Crippen LogP contribution in [0.3, 0.4) is 0 Å². The van der Waals surface area contributed by atoms with Gasteiger partial charge in [0.25, 0.3) is 0 Å². The molecule has 2 atom stereocenters. The largest absolute Gasteiger partial charge is 0.349 e. The topological polar surface area (TPSA) is 29.1 Å². The maximum Gasteiger partial charge on any atom is 0.223 e. The third-order valence-corrected chi connectivity index (χ3v) is 4.00. The van der Waals surface area contributed by atoms with E-state index in [4.69, 9.17) is 0 Å². The van der Waals surface area contributed by atoms with E-state index < -0.39 is 0 Å². The van der Waals surface area contributed by atoms with Crippen LogP contribution in [0, 0.1) is 18.8 Å². The molecular weight excluding hydrogens is 234 g/mol. The first kappa shape index (κ1) is 14.1. The van der Waals surface area contributed by atoms with E-state index in [2.05, 4.69) is 43.4 Å². The van der Waals surface area contributed by atoms with Gasteiger partial charge in [0.15, 0.2) is 0 Å². The summed E-state index contributed by atoms with van der Waals surface area (Å²) < 4.78 is 0. The summed E-state index contributed by atoms with van der Waals surface area (Å²) in [5.41, 5.74) is 2.52. The average molecular weight is 259 g/mol. The second-order valence-electron chi connectivity index (χ2n) is 5.92. The smallest absolute Gasteiger partial charge is 0.223 e. The number of nitrogens with one attached hydrogen (secondary N) is 1. The molecule has 19 heavy (non-hydrogen) atoms. The van der Waals surface area contributed by atoms with Crippen molar-refractivity contribution >= 4 is 5.91 Å². The van der Waals surface area contributed by atoms with Crippen LogP contribution >= 0.6 is 0 Å². The number of rotatable bonds is 6. The summed E-state index contributed by atoms with van der Waals surface area (Å²) in [6.45, 7) is 6.25. The Balaban J connectivity index is 2.04. The molecule has 0 spiro atoms. The van der Waals surface area contributed by atoms with Gasteiger partial charge >= 0.3 is 0 Å². The first-order valence-electron chi connectivity index (χ1n) is 7.48. The maximum atomic E-state index is 12.2. The van der Waals surface area contributed by atoms with E-state index in [1.54, 1.807) is 0 Å². The Morgan fingerprint density at radius 1 is 1.32 bits per heavy atom. The van der Waals surface area contributed by atoms with E-state index in [-0.39, 0.29) is 17.9 Å². The minimum absolute atomic E-state index is 0.122. The minimum Gasteiger partial charge on any atom is -0.349 e. The van der Waals surface area contributed by atoms with E-state index in [9.17, 15) is 4.79 Å². The Labute approximate surface area is 116 Å². The van der Waals surface area contributed by atoms with Gasteiger partial charge in [-0.15, -0.1) is 0 Å². The van der Waals surface area contributed by atoms with Gasteiger partial charge in [0.2, 0.25) is 5.91 Å². The van der Waals surface area contributed by atoms with Crippen molar-refractivity contribution in [3.8, 4) is 0 Å². The molecule has 0 aliphatic heterocycles. The third kappa shape index (κ3) is 3.82. The summed E-state index contributed by atoms with van der Waals surface area (Å²) in [6.07, 6.45) is 4.51. The fraction of sp³-hybridized carbons (Fsp3) is 0.588. The van der Waals surface area contributed by atoms with Crippen molar-refractivity contribution < 1.29 is 4.79 Å². The van der Waals surface area contributed by atoms with Crippen LogP contribution in [0.2, 0.25) is 0 Å². The second-order valence-corrected chi connectivity index (χ2v) is 5.92. The lowest BCUT2D eigenvalue weighted by atomic mass is 9.99. The van der Waals surface area contributed by atoms with Crippen LogP contribution in [0.5, 0.6) is 0 Å². The van der Waals surface area contributed by atoms with Crippen molar-refractivity contribution in [2.75, 3.05) is 0 Å². The summed E-state index contributed by atoms with van der Waals surface area (Å²) in [5.74, 6) is 0.969. The molecule has 0 aromatic heterocycles. The summed E-state index contributed by atoms with van der Waals surface area (Å²) in [6, 6.07) is 8.79.